The number of carbonyl (C=O) groups is 1. The lowest BCUT2D eigenvalue weighted by Gasteiger charge is -2.00. The van der Waals surface area contributed by atoms with E-state index in [0.717, 1.165) is 0 Å². The predicted molar refractivity (Wildman–Crippen MR) is 33.2 cm³/mol. The minimum absolute atomic E-state index is 0.310. The maximum atomic E-state index is 10.3. The van der Waals surface area contributed by atoms with Gasteiger partial charge in [0, 0.05) is 6.42 Å². The van der Waals surface area contributed by atoms with Gasteiger partial charge in [-0.2, -0.15) is 0 Å². The molecule has 0 aromatic carbocycles. The molecule has 48 valence electrons. The molecule has 0 spiro atoms. The van der Waals surface area contributed by atoms with E-state index >= 15 is 0 Å². The quantitative estimate of drug-likeness (QED) is 0.398. The SMILES string of the molecule is C=CCC1N=CC(=O)O1. The average molecular weight is 125 g/mol. The third-order valence-electron chi connectivity index (χ3n) is 0.967. The second-order valence-corrected chi connectivity index (χ2v) is 1.69. The van der Waals surface area contributed by atoms with Gasteiger partial charge in [-0.3, -0.25) is 0 Å². The van der Waals surface area contributed by atoms with E-state index in [1.807, 2.05) is 0 Å². The average Bonchev–Trinajstić information content (AvgIpc) is 2.17. The molecule has 3 heteroatoms. The summed E-state index contributed by atoms with van der Waals surface area (Å²) in [5.41, 5.74) is 0. The molecule has 1 aliphatic rings. The molecule has 0 N–H and O–H groups in total. The Kier molecular flexibility index (Phi) is 1.63. The molecule has 1 atom stereocenters. The minimum Gasteiger partial charge on any atom is -0.435 e. The van der Waals surface area contributed by atoms with Gasteiger partial charge in [0.1, 0.15) is 6.21 Å². The summed E-state index contributed by atoms with van der Waals surface area (Å²) in [6, 6.07) is 0. The fourth-order valence-corrected chi connectivity index (χ4v) is 0.590. The van der Waals surface area contributed by atoms with Crippen LogP contribution in [0.2, 0.25) is 0 Å². The first kappa shape index (κ1) is 6.01. The zero-order valence-corrected chi connectivity index (χ0v) is 4.91. The summed E-state index contributed by atoms with van der Waals surface area (Å²) in [4.78, 5) is 14.1. The number of carbonyl (C=O) groups excluding carboxylic acids is 1. The highest BCUT2D eigenvalue weighted by Gasteiger charge is 2.15. The number of hydrogen-bond donors (Lipinski definition) is 0. The number of ether oxygens (including phenoxy) is 1. The van der Waals surface area contributed by atoms with Crippen LogP contribution in [0.3, 0.4) is 0 Å². The molecule has 1 heterocycles. The van der Waals surface area contributed by atoms with Crippen LogP contribution in [0.5, 0.6) is 0 Å². The van der Waals surface area contributed by atoms with E-state index in [1.165, 1.54) is 6.21 Å². The molecule has 0 bridgehead atoms. The Balaban J connectivity index is 2.40. The first-order chi connectivity index (χ1) is 4.33. The molecule has 0 amide bonds. The van der Waals surface area contributed by atoms with E-state index in [2.05, 4.69) is 16.3 Å². The van der Waals surface area contributed by atoms with Crippen molar-refractivity contribution in [1.29, 1.82) is 0 Å². The van der Waals surface area contributed by atoms with Crippen molar-refractivity contribution in [2.75, 3.05) is 0 Å². The van der Waals surface area contributed by atoms with Gasteiger partial charge >= 0.3 is 5.97 Å². The van der Waals surface area contributed by atoms with Crippen LogP contribution in [0.4, 0.5) is 0 Å². The van der Waals surface area contributed by atoms with E-state index < -0.39 is 0 Å². The predicted octanol–water partition coefficient (Wildman–Crippen LogP) is 0.516. The molecule has 0 radical (unpaired) electrons. The summed E-state index contributed by atoms with van der Waals surface area (Å²) in [5.74, 6) is -0.359. The molecule has 0 aromatic rings. The third kappa shape index (κ3) is 1.38. The molecule has 0 aromatic heterocycles. The second kappa shape index (κ2) is 2.44. The molecule has 0 saturated heterocycles. The molecule has 0 saturated carbocycles. The van der Waals surface area contributed by atoms with Gasteiger partial charge < -0.3 is 4.74 Å². The van der Waals surface area contributed by atoms with Gasteiger partial charge in [-0.25, -0.2) is 9.79 Å². The smallest absolute Gasteiger partial charge is 0.351 e. The van der Waals surface area contributed by atoms with Gasteiger partial charge in [-0.05, 0) is 0 Å². The third-order valence-corrected chi connectivity index (χ3v) is 0.967. The van der Waals surface area contributed by atoms with Crippen molar-refractivity contribution < 1.29 is 9.53 Å². The van der Waals surface area contributed by atoms with E-state index in [-0.39, 0.29) is 12.2 Å². The Morgan fingerprint density at radius 3 is 3.22 bits per heavy atom. The summed E-state index contributed by atoms with van der Waals surface area (Å²) in [5, 5.41) is 0. The lowest BCUT2D eigenvalue weighted by atomic mass is 10.4. The van der Waals surface area contributed by atoms with Crippen molar-refractivity contribution in [1.82, 2.24) is 0 Å². The molecule has 1 unspecified atom stereocenters. The highest BCUT2D eigenvalue weighted by molar-refractivity contribution is 6.24. The summed E-state index contributed by atoms with van der Waals surface area (Å²) in [6.45, 7) is 3.48. The van der Waals surface area contributed by atoms with Crippen molar-refractivity contribution in [2.45, 2.75) is 12.6 Å². The number of hydrogen-bond acceptors (Lipinski definition) is 3. The first-order valence-corrected chi connectivity index (χ1v) is 2.67. The second-order valence-electron chi connectivity index (χ2n) is 1.69. The fraction of sp³-hybridized carbons (Fsp3) is 0.333. The Morgan fingerprint density at radius 2 is 2.78 bits per heavy atom. The van der Waals surface area contributed by atoms with Crippen LogP contribution < -0.4 is 0 Å². The molecular formula is C6H7NO2. The minimum atomic E-state index is -0.359. The first-order valence-electron chi connectivity index (χ1n) is 2.67. The van der Waals surface area contributed by atoms with Crippen LogP contribution in [-0.4, -0.2) is 18.4 Å². The van der Waals surface area contributed by atoms with E-state index in [4.69, 9.17) is 0 Å². The van der Waals surface area contributed by atoms with Gasteiger partial charge in [0.25, 0.3) is 0 Å². The van der Waals surface area contributed by atoms with Crippen LogP contribution in [0.25, 0.3) is 0 Å². The molecule has 3 nitrogen and oxygen atoms in total. The lowest BCUT2D eigenvalue weighted by molar-refractivity contribution is -0.137. The van der Waals surface area contributed by atoms with Gasteiger partial charge in [0.2, 0.25) is 0 Å². The molecule has 1 rings (SSSR count). The lowest BCUT2D eigenvalue weighted by Crippen LogP contribution is -2.05. The van der Waals surface area contributed by atoms with Gasteiger partial charge in [0.05, 0.1) is 0 Å². The zero-order chi connectivity index (χ0) is 6.69. The van der Waals surface area contributed by atoms with Crippen LogP contribution in [0.15, 0.2) is 17.6 Å². The van der Waals surface area contributed by atoms with Crippen molar-refractivity contribution in [3.8, 4) is 0 Å². The number of rotatable bonds is 2. The molecule has 0 aliphatic carbocycles. The van der Waals surface area contributed by atoms with Crippen LogP contribution in [-0.2, 0) is 9.53 Å². The highest BCUT2D eigenvalue weighted by atomic mass is 16.6. The number of aliphatic imine (C=N–C) groups is 1. The summed E-state index contributed by atoms with van der Waals surface area (Å²) < 4.78 is 4.67. The fourth-order valence-electron chi connectivity index (χ4n) is 0.590. The van der Waals surface area contributed by atoms with E-state index in [0.29, 0.717) is 6.42 Å². The maximum absolute atomic E-state index is 10.3. The largest absolute Gasteiger partial charge is 0.435 e. The molecule has 9 heavy (non-hydrogen) atoms. The maximum Gasteiger partial charge on any atom is 0.351 e. The normalized spacial score (nSPS) is 24.0. The number of esters is 1. The van der Waals surface area contributed by atoms with E-state index in [1.54, 1.807) is 6.08 Å². The number of cyclic esters (lactones) is 1. The standard InChI is InChI=1S/C6H7NO2/c1-2-3-5-7-4-6(8)9-5/h2,4-5H,1,3H2. The Hall–Kier alpha value is -1.12. The summed E-state index contributed by atoms with van der Waals surface area (Å²) >= 11 is 0. The highest BCUT2D eigenvalue weighted by Crippen LogP contribution is 2.05. The van der Waals surface area contributed by atoms with Crippen LogP contribution in [0.1, 0.15) is 6.42 Å². The van der Waals surface area contributed by atoms with Gasteiger partial charge in [-0.15, -0.1) is 6.58 Å². The van der Waals surface area contributed by atoms with E-state index in [9.17, 15) is 4.79 Å². The van der Waals surface area contributed by atoms with Crippen LogP contribution in [0, 0.1) is 0 Å². The Morgan fingerprint density at radius 1 is 2.00 bits per heavy atom. The van der Waals surface area contributed by atoms with Crippen molar-refractivity contribution >= 4 is 12.2 Å². The van der Waals surface area contributed by atoms with Crippen LogP contribution >= 0.6 is 0 Å². The topological polar surface area (TPSA) is 38.7 Å². The Bertz CT molecular complexity index is 162. The molecule has 1 aliphatic heterocycles. The van der Waals surface area contributed by atoms with Gasteiger partial charge in [-0.1, -0.05) is 6.08 Å². The number of nitrogens with zero attached hydrogens (tertiary/aromatic N) is 1. The zero-order valence-electron chi connectivity index (χ0n) is 4.91. The Labute approximate surface area is 53.0 Å². The summed E-state index contributed by atoms with van der Waals surface area (Å²) in [7, 11) is 0. The van der Waals surface area contributed by atoms with Crippen molar-refractivity contribution in [3.05, 3.63) is 12.7 Å². The van der Waals surface area contributed by atoms with Gasteiger partial charge in [0.15, 0.2) is 6.23 Å². The monoisotopic (exact) mass is 125 g/mol. The summed E-state index contributed by atoms with van der Waals surface area (Å²) in [6.07, 6.45) is 3.15. The van der Waals surface area contributed by atoms with Crippen molar-refractivity contribution in [2.24, 2.45) is 4.99 Å². The molecular weight excluding hydrogens is 118 g/mol. The van der Waals surface area contributed by atoms with Crippen molar-refractivity contribution in [3.63, 3.8) is 0 Å². The molecule has 0 fully saturated rings.